The Kier molecular flexibility index (Phi) is 4.75. The molecular weight excluding hydrogens is 328 g/mol. The van der Waals surface area contributed by atoms with E-state index in [0.717, 1.165) is 19.2 Å². The van der Waals surface area contributed by atoms with E-state index < -0.39 is 17.4 Å². The Balaban J connectivity index is 2.96. The van der Waals surface area contributed by atoms with Gasteiger partial charge in [-0.25, -0.2) is 13.6 Å². The summed E-state index contributed by atoms with van der Waals surface area (Å²) in [5.74, 6) is -2.07. The van der Waals surface area contributed by atoms with Crippen molar-refractivity contribution in [3.8, 4) is 11.1 Å². The van der Waals surface area contributed by atoms with Crippen LogP contribution < -0.4 is 0 Å². The number of hydrogen-bond donors (Lipinski definition) is 0. The number of halogens is 3. The highest BCUT2D eigenvalue weighted by atomic mass is 35.5. The third kappa shape index (κ3) is 3.22. The molecule has 0 bridgehead atoms. The van der Waals surface area contributed by atoms with Crippen LogP contribution in [0, 0.1) is 23.5 Å². The van der Waals surface area contributed by atoms with Crippen molar-refractivity contribution in [2.24, 2.45) is 0 Å². The Morgan fingerprint density at radius 1 is 1.17 bits per heavy atom. The minimum atomic E-state index is -0.831. The maximum atomic E-state index is 13.6. The van der Waals surface area contributed by atoms with Crippen LogP contribution in [-0.2, 0) is 4.84 Å². The van der Waals surface area contributed by atoms with Crippen LogP contribution in [0.15, 0.2) is 24.3 Å². The fraction of sp³-hybridized carbons (Fsp3) is 0.188. The largest absolute Gasteiger partial charge is 0.329 e. The van der Waals surface area contributed by atoms with Gasteiger partial charge in [0.25, 0.3) is 4.92 Å². The molecule has 0 radical (unpaired) electrons. The summed E-state index contributed by atoms with van der Waals surface area (Å²) in [7, 11) is 1.14. The van der Waals surface area contributed by atoms with Crippen LogP contribution in [-0.4, -0.2) is 17.8 Å². The molecule has 0 fully saturated rings. The van der Waals surface area contributed by atoms with Crippen molar-refractivity contribution in [3.63, 3.8) is 0 Å². The predicted octanol–water partition coefficient (Wildman–Crippen LogP) is 4.77. The molecule has 0 aliphatic heterocycles. The Bertz CT molecular complexity index is 801. The van der Waals surface area contributed by atoms with Crippen molar-refractivity contribution < 1.29 is 23.3 Å². The quantitative estimate of drug-likeness (QED) is 0.595. The molecule has 0 saturated carbocycles. The van der Waals surface area contributed by atoms with Crippen molar-refractivity contribution in [1.29, 1.82) is 0 Å². The first-order valence-corrected chi connectivity index (χ1v) is 6.96. The zero-order valence-electron chi connectivity index (χ0n) is 12.6. The summed E-state index contributed by atoms with van der Waals surface area (Å²) in [5.41, 5.74) is 0.428. The molecule has 2 aromatic rings. The average Bonchev–Trinajstić information content (AvgIpc) is 2.47. The lowest BCUT2D eigenvalue weighted by atomic mass is 9.93. The van der Waals surface area contributed by atoms with Crippen LogP contribution >= 0.6 is 11.6 Å². The highest BCUT2D eigenvalue weighted by Crippen LogP contribution is 2.40. The van der Waals surface area contributed by atoms with Crippen molar-refractivity contribution in [2.75, 3.05) is 7.11 Å². The van der Waals surface area contributed by atoms with Gasteiger partial charge in [0.2, 0.25) is 0 Å². The number of Topliss-reactive ketones (excluding diaryl/α,β-unsaturated/α-hetero) is 1. The predicted molar refractivity (Wildman–Crippen MR) is 81.8 cm³/mol. The molecule has 0 spiro atoms. The molecule has 0 unspecified atom stereocenters. The highest BCUT2D eigenvalue weighted by molar-refractivity contribution is 6.32. The Morgan fingerprint density at radius 3 is 2.22 bits per heavy atom. The third-order valence-corrected chi connectivity index (χ3v) is 3.76. The van der Waals surface area contributed by atoms with Crippen LogP contribution in [0.5, 0.6) is 0 Å². The number of carbonyl (C=O) groups is 1. The Hall–Kier alpha value is -2.34. The van der Waals surface area contributed by atoms with E-state index >= 15 is 0 Å². The highest BCUT2D eigenvalue weighted by Gasteiger charge is 2.31. The van der Waals surface area contributed by atoms with Gasteiger partial charge in [0.15, 0.2) is 12.9 Å². The molecule has 2 rings (SSSR count). The summed E-state index contributed by atoms with van der Waals surface area (Å²) < 4.78 is 27.1. The molecule has 0 saturated heterocycles. The van der Waals surface area contributed by atoms with E-state index in [4.69, 9.17) is 11.6 Å². The topological polar surface area (TPSA) is 46.4 Å². The average molecular weight is 341 g/mol. The molecule has 0 N–H and O–H groups in total. The first-order chi connectivity index (χ1) is 10.8. The van der Waals surface area contributed by atoms with E-state index in [2.05, 4.69) is 4.84 Å². The molecule has 120 valence electrons. The fourth-order valence-corrected chi connectivity index (χ4v) is 2.52. The summed E-state index contributed by atoms with van der Waals surface area (Å²) in [4.78, 5) is 28.8. The summed E-state index contributed by atoms with van der Waals surface area (Å²) in [6, 6.07) is 4.13. The summed E-state index contributed by atoms with van der Waals surface area (Å²) in [5, 5.41) is 0.170. The van der Waals surface area contributed by atoms with Gasteiger partial charge >= 0.3 is 5.69 Å². The van der Waals surface area contributed by atoms with Gasteiger partial charge in [-0.1, -0.05) is 11.6 Å². The number of ketones is 1. The molecule has 23 heavy (non-hydrogen) atoms. The molecule has 0 amide bonds. The number of rotatable bonds is 4. The van der Waals surface area contributed by atoms with Gasteiger partial charge in [0.05, 0.1) is 21.1 Å². The summed E-state index contributed by atoms with van der Waals surface area (Å²) in [6.45, 7) is 2.82. The molecule has 0 aliphatic carbocycles. The van der Waals surface area contributed by atoms with Crippen LogP contribution in [0.25, 0.3) is 11.1 Å². The Morgan fingerprint density at radius 2 is 1.74 bits per heavy atom. The third-order valence-electron chi connectivity index (χ3n) is 3.37. The van der Waals surface area contributed by atoms with E-state index in [1.54, 1.807) is 6.92 Å². The molecule has 0 aromatic heterocycles. The van der Waals surface area contributed by atoms with Crippen LogP contribution in [0.2, 0.25) is 5.02 Å². The van der Waals surface area contributed by atoms with Crippen LogP contribution in [0.3, 0.4) is 0 Å². The number of hydrogen-bond acceptors (Lipinski definition) is 3. The van der Waals surface area contributed by atoms with Crippen molar-refractivity contribution in [3.05, 3.63) is 57.0 Å². The minimum Gasteiger partial charge on any atom is -0.294 e. The lowest BCUT2D eigenvalue weighted by Gasteiger charge is -2.11. The summed E-state index contributed by atoms with van der Waals surface area (Å²) >= 11 is 6.06. The second kappa shape index (κ2) is 6.42. The maximum absolute atomic E-state index is 13.6. The standard InChI is InChI=1S/C16H13ClF2NO3/c1-8-14(17)7-13(9(2)21)15(16(8)20(22)23-3)10-4-11(18)6-12(19)5-10/h4-7H,1-3H3/q+1. The lowest BCUT2D eigenvalue weighted by molar-refractivity contribution is -0.736. The van der Waals surface area contributed by atoms with Gasteiger partial charge in [-0.2, -0.15) is 0 Å². The summed E-state index contributed by atoms with van der Waals surface area (Å²) in [6.07, 6.45) is 0. The number of nitrogens with zero attached hydrogens (tertiary/aromatic N) is 1. The number of carbonyl (C=O) groups excluding carboxylic acids is 1. The van der Waals surface area contributed by atoms with Crippen molar-refractivity contribution in [1.82, 2.24) is 0 Å². The molecule has 0 heterocycles. The van der Waals surface area contributed by atoms with Gasteiger partial charge in [0, 0.05) is 11.6 Å². The monoisotopic (exact) mass is 340 g/mol. The smallest absolute Gasteiger partial charge is 0.294 e. The maximum Gasteiger partial charge on any atom is 0.329 e. The van der Waals surface area contributed by atoms with Crippen LogP contribution in [0.1, 0.15) is 22.8 Å². The molecule has 7 heteroatoms. The minimum absolute atomic E-state index is 0.0420. The van der Waals surface area contributed by atoms with Crippen molar-refractivity contribution >= 4 is 23.1 Å². The van der Waals surface area contributed by atoms with Gasteiger partial charge in [-0.05, 0) is 37.6 Å². The zero-order valence-corrected chi connectivity index (χ0v) is 13.4. The SMILES string of the molecule is CO[N+](=O)c1c(C)c(Cl)cc(C(C)=O)c1-c1cc(F)cc(F)c1. The van der Waals surface area contributed by atoms with Gasteiger partial charge in [-0.3, -0.25) is 4.79 Å². The normalized spacial score (nSPS) is 10.5. The van der Waals surface area contributed by atoms with Crippen LogP contribution in [0.4, 0.5) is 14.5 Å². The second-order valence-electron chi connectivity index (χ2n) is 4.91. The van der Waals surface area contributed by atoms with E-state index in [0.29, 0.717) is 11.6 Å². The molecule has 2 aromatic carbocycles. The molecule has 0 atom stereocenters. The van der Waals surface area contributed by atoms with E-state index in [1.165, 1.54) is 13.0 Å². The van der Waals surface area contributed by atoms with E-state index in [9.17, 15) is 18.5 Å². The van der Waals surface area contributed by atoms with Gasteiger partial charge < -0.3 is 0 Å². The Labute approximate surface area is 136 Å². The molecule has 4 nitrogen and oxygen atoms in total. The fourth-order valence-electron chi connectivity index (χ4n) is 2.32. The van der Waals surface area contributed by atoms with Crippen molar-refractivity contribution in [2.45, 2.75) is 13.8 Å². The molecular formula is C16H13ClF2NO3+. The van der Waals surface area contributed by atoms with Gasteiger partial charge in [0.1, 0.15) is 11.6 Å². The number of benzene rings is 2. The van der Waals surface area contributed by atoms with E-state index in [-0.39, 0.29) is 32.3 Å². The first kappa shape index (κ1) is 17.0. The second-order valence-corrected chi connectivity index (χ2v) is 5.32. The van der Waals surface area contributed by atoms with E-state index in [1.807, 2.05) is 0 Å². The molecule has 0 aliphatic rings. The first-order valence-electron chi connectivity index (χ1n) is 6.58. The lowest BCUT2D eigenvalue weighted by Crippen LogP contribution is -2.07. The van der Waals surface area contributed by atoms with Gasteiger partial charge in [-0.15, -0.1) is 0 Å². The zero-order chi connectivity index (χ0) is 17.3.